The van der Waals surface area contributed by atoms with Crippen molar-refractivity contribution in [3.63, 3.8) is 0 Å². The Morgan fingerprint density at radius 1 is 1.28 bits per heavy atom. The molecule has 0 aromatic heterocycles. The molecular formula is C15H27N3. The third kappa shape index (κ3) is 2.30. The van der Waals surface area contributed by atoms with Crippen molar-refractivity contribution < 1.29 is 0 Å². The molecule has 1 fully saturated rings. The van der Waals surface area contributed by atoms with Crippen molar-refractivity contribution in [2.75, 3.05) is 6.54 Å². The summed E-state index contributed by atoms with van der Waals surface area (Å²) in [5.41, 5.74) is 9.92. The second kappa shape index (κ2) is 5.22. The highest BCUT2D eigenvalue weighted by Gasteiger charge is 2.51. The van der Waals surface area contributed by atoms with Gasteiger partial charge in [0, 0.05) is 17.8 Å². The normalized spacial score (nSPS) is 37.9. The Labute approximate surface area is 111 Å². The Hall–Kier alpha value is -0.540. The van der Waals surface area contributed by atoms with E-state index in [4.69, 9.17) is 0 Å². The molecule has 0 aromatic rings. The van der Waals surface area contributed by atoms with Gasteiger partial charge < -0.3 is 10.7 Å². The van der Waals surface area contributed by atoms with Crippen LogP contribution in [-0.4, -0.2) is 18.6 Å². The van der Waals surface area contributed by atoms with Crippen LogP contribution in [0.2, 0.25) is 0 Å². The molecule has 3 N–H and O–H groups in total. The van der Waals surface area contributed by atoms with Crippen LogP contribution in [-0.2, 0) is 0 Å². The minimum atomic E-state index is 0.550. The summed E-state index contributed by atoms with van der Waals surface area (Å²) in [6.45, 7) is 5.77. The molecule has 102 valence electrons. The first-order valence-electron chi connectivity index (χ1n) is 7.78. The zero-order valence-corrected chi connectivity index (χ0v) is 11.8. The van der Waals surface area contributed by atoms with Gasteiger partial charge in [-0.25, -0.2) is 5.43 Å². The van der Waals surface area contributed by atoms with Gasteiger partial charge in [0.2, 0.25) is 0 Å². The number of rotatable bonds is 5. The first-order chi connectivity index (χ1) is 8.81. The van der Waals surface area contributed by atoms with Crippen LogP contribution in [0.4, 0.5) is 0 Å². The number of hydrogen-bond donors (Lipinski definition) is 3. The molecule has 2 aliphatic carbocycles. The van der Waals surface area contributed by atoms with Gasteiger partial charge in [0.15, 0.2) is 0 Å². The molecule has 4 atom stereocenters. The molecular weight excluding hydrogens is 222 g/mol. The molecule has 3 aliphatic rings. The number of fused-ring (bicyclic) bond motifs is 1. The molecule has 1 heterocycles. The highest BCUT2D eigenvalue weighted by atomic mass is 15.4. The summed E-state index contributed by atoms with van der Waals surface area (Å²) in [5.74, 6) is 1.85. The minimum Gasteiger partial charge on any atom is -0.325 e. The van der Waals surface area contributed by atoms with Crippen molar-refractivity contribution in [2.24, 2.45) is 11.8 Å². The summed E-state index contributed by atoms with van der Waals surface area (Å²) in [7, 11) is 0. The van der Waals surface area contributed by atoms with E-state index in [1.807, 2.05) is 0 Å². The van der Waals surface area contributed by atoms with Gasteiger partial charge in [0.1, 0.15) is 0 Å². The highest BCUT2D eigenvalue weighted by Crippen LogP contribution is 2.50. The topological polar surface area (TPSA) is 36.1 Å². The monoisotopic (exact) mass is 249 g/mol. The number of nitrogens with one attached hydrogen (secondary N) is 3. The summed E-state index contributed by atoms with van der Waals surface area (Å²) < 4.78 is 0. The molecule has 0 spiro atoms. The van der Waals surface area contributed by atoms with Gasteiger partial charge in [-0.2, -0.15) is 0 Å². The van der Waals surface area contributed by atoms with Crippen LogP contribution in [0.25, 0.3) is 0 Å². The van der Waals surface area contributed by atoms with Gasteiger partial charge in [0.25, 0.3) is 0 Å². The van der Waals surface area contributed by atoms with Gasteiger partial charge in [-0.1, -0.05) is 19.8 Å². The number of hydrogen-bond acceptors (Lipinski definition) is 3. The second-order valence-electron chi connectivity index (χ2n) is 6.25. The van der Waals surface area contributed by atoms with E-state index in [9.17, 15) is 0 Å². The molecule has 0 aromatic carbocycles. The quantitative estimate of drug-likeness (QED) is 0.654. The first-order valence-corrected chi connectivity index (χ1v) is 7.78. The zero-order chi connectivity index (χ0) is 12.5. The predicted octanol–water partition coefficient (Wildman–Crippen LogP) is 2.32. The van der Waals surface area contributed by atoms with E-state index in [1.165, 1.54) is 50.8 Å². The lowest BCUT2D eigenvalue weighted by Crippen LogP contribution is -2.30. The molecule has 3 rings (SSSR count). The maximum absolute atomic E-state index is 3.78. The summed E-state index contributed by atoms with van der Waals surface area (Å²) in [6, 6.07) is 1.36. The van der Waals surface area contributed by atoms with Crippen molar-refractivity contribution in [2.45, 2.75) is 64.5 Å². The van der Waals surface area contributed by atoms with Gasteiger partial charge in [-0.05, 0) is 56.6 Å². The van der Waals surface area contributed by atoms with Gasteiger partial charge in [0.05, 0.1) is 0 Å². The summed E-state index contributed by atoms with van der Waals surface area (Å²) in [4.78, 5) is 0. The summed E-state index contributed by atoms with van der Waals surface area (Å²) in [6.07, 6.45) is 7.99. The van der Waals surface area contributed by atoms with Crippen LogP contribution in [0.1, 0.15) is 52.4 Å². The van der Waals surface area contributed by atoms with E-state index in [1.54, 1.807) is 5.57 Å². The molecule has 4 unspecified atom stereocenters. The molecule has 3 heteroatoms. The van der Waals surface area contributed by atoms with Gasteiger partial charge in [-0.15, -0.1) is 0 Å². The maximum Gasteiger partial charge on any atom is 0.0461 e. The van der Waals surface area contributed by atoms with E-state index in [0.717, 1.165) is 17.9 Å². The van der Waals surface area contributed by atoms with Gasteiger partial charge >= 0.3 is 0 Å². The second-order valence-corrected chi connectivity index (χ2v) is 6.25. The average molecular weight is 249 g/mol. The summed E-state index contributed by atoms with van der Waals surface area (Å²) in [5, 5.41) is 3.78. The number of unbranched alkanes of at least 4 members (excludes halogenated alkanes) is 2. The van der Waals surface area contributed by atoms with Crippen LogP contribution in [0.5, 0.6) is 0 Å². The van der Waals surface area contributed by atoms with Crippen molar-refractivity contribution in [3.05, 3.63) is 11.3 Å². The van der Waals surface area contributed by atoms with Gasteiger partial charge in [-0.3, -0.25) is 0 Å². The maximum atomic E-state index is 3.78. The van der Waals surface area contributed by atoms with E-state index >= 15 is 0 Å². The minimum absolute atomic E-state index is 0.550. The molecule has 3 nitrogen and oxygen atoms in total. The molecule has 0 amide bonds. The van der Waals surface area contributed by atoms with E-state index in [-0.39, 0.29) is 0 Å². The zero-order valence-electron chi connectivity index (χ0n) is 11.8. The smallest absolute Gasteiger partial charge is 0.0461 e. The fourth-order valence-electron chi connectivity index (χ4n) is 3.79. The fourth-order valence-corrected chi connectivity index (χ4v) is 3.79. The molecule has 0 bridgehead atoms. The van der Waals surface area contributed by atoms with Crippen LogP contribution in [0.15, 0.2) is 11.3 Å². The number of hydrazine groups is 1. The first kappa shape index (κ1) is 12.5. The Bertz CT molecular complexity index is 337. The molecule has 1 aliphatic heterocycles. The Balaban J connectivity index is 1.49. The highest BCUT2D eigenvalue weighted by molar-refractivity contribution is 5.27. The molecule has 1 saturated carbocycles. The lowest BCUT2D eigenvalue weighted by atomic mass is 10.0. The largest absolute Gasteiger partial charge is 0.325 e. The van der Waals surface area contributed by atoms with Crippen molar-refractivity contribution in [1.82, 2.24) is 16.2 Å². The van der Waals surface area contributed by atoms with Crippen molar-refractivity contribution in [1.29, 1.82) is 0 Å². The summed E-state index contributed by atoms with van der Waals surface area (Å²) >= 11 is 0. The Morgan fingerprint density at radius 2 is 2.17 bits per heavy atom. The standard InChI is InChI=1S/C15H27N3/c1-3-4-5-8-16-15-12-7-6-11-10(2)17-18-14(11)9-13(12)15/h10,12-13,15-18H,3-9H2,1-2H3. The van der Waals surface area contributed by atoms with Crippen LogP contribution in [0, 0.1) is 11.8 Å². The van der Waals surface area contributed by atoms with Crippen molar-refractivity contribution in [3.8, 4) is 0 Å². The Kier molecular flexibility index (Phi) is 3.62. The molecule has 0 saturated heterocycles. The predicted molar refractivity (Wildman–Crippen MR) is 74.9 cm³/mol. The third-order valence-corrected chi connectivity index (χ3v) is 5.03. The average Bonchev–Trinajstić information content (AvgIpc) is 2.96. The SMILES string of the molecule is CCCCCNC1C2CCC3=C(CC21)NNC3C. The fraction of sp³-hybridized carbons (Fsp3) is 0.867. The lowest BCUT2D eigenvalue weighted by molar-refractivity contribution is 0.549. The third-order valence-electron chi connectivity index (χ3n) is 5.03. The van der Waals surface area contributed by atoms with E-state index in [2.05, 4.69) is 30.0 Å². The molecule has 0 radical (unpaired) electrons. The van der Waals surface area contributed by atoms with E-state index in [0.29, 0.717) is 6.04 Å². The molecule has 18 heavy (non-hydrogen) atoms. The van der Waals surface area contributed by atoms with E-state index < -0.39 is 0 Å². The number of allylic oxidation sites excluding steroid dienone is 1. The van der Waals surface area contributed by atoms with Crippen molar-refractivity contribution >= 4 is 0 Å². The lowest BCUT2D eigenvalue weighted by Gasteiger charge is -2.09. The van der Waals surface area contributed by atoms with Crippen LogP contribution < -0.4 is 16.2 Å². The van der Waals surface area contributed by atoms with Crippen LogP contribution in [0.3, 0.4) is 0 Å². The Morgan fingerprint density at radius 3 is 3.00 bits per heavy atom. The van der Waals surface area contributed by atoms with Crippen LogP contribution >= 0.6 is 0 Å².